The number of ether oxygens (including phenoxy) is 4. The van der Waals surface area contributed by atoms with Gasteiger partial charge in [0.2, 0.25) is 0 Å². The van der Waals surface area contributed by atoms with Crippen molar-refractivity contribution < 1.29 is 42.9 Å². The Morgan fingerprint density at radius 2 is 0.783 bits per heavy atom. The molecule has 0 aromatic rings. The number of carboxylic acids is 1. The van der Waals surface area contributed by atoms with Crippen LogP contribution in [-0.2, 0) is 33.3 Å². The van der Waals surface area contributed by atoms with Crippen LogP contribution in [0.3, 0.4) is 0 Å². The number of rotatable bonds is 46. The Morgan fingerprint density at radius 1 is 0.435 bits per heavy atom. The smallest absolute Gasteiger partial charge is 0.306 e. The van der Waals surface area contributed by atoms with Gasteiger partial charge in [0.15, 0.2) is 12.4 Å². The number of hydrogen-bond acceptors (Lipinski definition) is 8. The highest BCUT2D eigenvalue weighted by molar-refractivity contribution is 5.70. The van der Waals surface area contributed by atoms with Gasteiger partial charge >= 0.3 is 11.9 Å². The second kappa shape index (κ2) is 49.8. The minimum atomic E-state index is -1.64. The van der Waals surface area contributed by atoms with Crippen LogP contribution in [0.25, 0.3) is 0 Å². The molecular weight excluding hydrogens is 863 g/mol. The molecule has 69 heavy (non-hydrogen) atoms. The van der Waals surface area contributed by atoms with Crippen molar-refractivity contribution in [2.45, 2.75) is 180 Å². The number of quaternary nitrogens is 1. The lowest BCUT2D eigenvalue weighted by atomic mass is 10.1. The topological polar surface area (TPSA) is 111 Å². The molecule has 0 rings (SSSR count). The Hall–Kier alpha value is -4.57. The van der Waals surface area contributed by atoms with E-state index in [9.17, 15) is 19.5 Å². The molecule has 0 fully saturated rings. The minimum Gasteiger partial charge on any atom is -0.545 e. The van der Waals surface area contributed by atoms with Crippen LogP contribution in [0.15, 0.2) is 134 Å². The van der Waals surface area contributed by atoms with Gasteiger partial charge in [-0.1, -0.05) is 180 Å². The first-order valence-corrected chi connectivity index (χ1v) is 26.3. The van der Waals surface area contributed by atoms with Gasteiger partial charge in [-0.05, 0) is 109 Å². The largest absolute Gasteiger partial charge is 0.545 e. The van der Waals surface area contributed by atoms with Crippen molar-refractivity contribution in [3.63, 3.8) is 0 Å². The Bertz CT molecular complexity index is 1590. The zero-order valence-corrected chi connectivity index (χ0v) is 43.9. The summed E-state index contributed by atoms with van der Waals surface area (Å²) in [5.41, 5.74) is 0. The first-order valence-electron chi connectivity index (χ1n) is 26.3. The van der Waals surface area contributed by atoms with E-state index in [-0.39, 0.29) is 32.7 Å². The fourth-order valence-corrected chi connectivity index (χ4v) is 6.39. The highest BCUT2D eigenvalue weighted by Gasteiger charge is 2.21. The lowest BCUT2D eigenvalue weighted by Crippen LogP contribution is -2.44. The predicted octanol–water partition coefficient (Wildman–Crippen LogP) is 13.8. The molecule has 0 aromatic carbocycles. The van der Waals surface area contributed by atoms with E-state index in [0.29, 0.717) is 23.9 Å². The van der Waals surface area contributed by atoms with Crippen LogP contribution in [0.1, 0.15) is 168 Å². The van der Waals surface area contributed by atoms with Gasteiger partial charge in [-0.15, -0.1) is 0 Å². The molecule has 9 heteroatoms. The van der Waals surface area contributed by atoms with Gasteiger partial charge in [-0.2, -0.15) is 0 Å². The molecule has 0 spiro atoms. The Labute approximate surface area is 420 Å². The number of nitrogens with zero attached hydrogens (tertiary/aromatic N) is 1. The summed E-state index contributed by atoms with van der Waals surface area (Å²) in [6.07, 6.45) is 67.7. The van der Waals surface area contributed by atoms with Crippen LogP contribution < -0.4 is 5.11 Å². The van der Waals surface area contributed by atoms with Crippen LogP contribution in [0.2, 0.25) is 0 Å². The molecule has 0 bridgehead atoms. The van der Waals surface area contributed by atoms with Crippen LogP contribution in [0.5, 0.6) is 0 Å². The minimum absolute atomic E-state index is 0.130. The first kappa shape index (κ1) is 64.4. The van der Waals surface area contributed by atoms with E-state index < -0.39 is 30.3 Å². The van der Waals surface area contributed by atoms with Crippen molar-refractivity contribution in [2.75, 3.05) is 47.5 Å². The molecule has 0 aromatic heterocycles. The predicted molar refractivity (Wildman–Crippen MR) is 287 cm³/mol. The lowest BCUT2D eigenvalue weighted by molar-refractivity contribution is -0.870. The van der Waals surface area contributed by atoms with E-state index >= 15 is 0 Å². The van der Waals surface area contributed by atoms with Crippen molar-refractivity contribution in [3.8, 4) is 0 Å². The molecule has 0 saturated carbocycles. The van der Waals surface area contributed by atoms with Crippen molar-refractivity contribution in [2.24, 2.45) is 0 Å². The van der Waals surface area contributed by atoms with Gasteiger partial charge < -0.3 is 33.3 Å². The summed E-state index contributed by atoms with van der Waals surface area (Å²) < 4.78 is 22.6. The summed E-state index contributed by atoms with van der Waals surface area (Å²) in [7, 11) is 5.89. The van der Waals surface area contributed by atoms with Crippen molar-refractivity contribution in [1.82, 2.24) is 0 Å². The maximum absolute atomic E-state index is 12.8. The SMILES string of the molecule is CC/C=C\C/C=C\C/C=C\C/C=C\C/C=C\C/C=C\CCCCCCCCC(=O)OC(COC(=O)CCCCC/C=C\C/C=C\C/C=C\C/C=C\C/C=C\CC)COC(OCC[N+](C)(C)C)C(=O)[O-]. The van der Waals surface area contributed by atoms with Gasteiger partial charge in [-0.3, -0.25) is 9.59 Å². The van der Waals surface area contributed by atoms with Crippen LogP contribution >= 0.6 is 0 Å². The van der Waals surface area contributed by atoms with Crippen LogP contribution in [0.4, 0.5) is 0 Å². The molecule has 0 heterocycles. The van der Waals surface area contributed by atoms with E-state index in [0.717, 1.165) is 128 Å². The molecule has 2 unspecified atom stereocenters. The van der Waals surface area contributed by atoms with Gasteiger partial charge in [0.25, 0.3) is 0 Å². The number of hydrogen-bond donors (Lipinski definition) is 0. The van der Waals surface area contributed by atoms with Gasteiger partial charge in [0.1, 0.15) is 13.2 Å². The Balaban J connectivity index is 4.45. The standard InChI is InChI=1S/C60H95NO8/c1-6-8-10-12-14-16-18-20-22-24-26-27-28-29-30-31-33-35-37-39-41-43-45-47-49-51-58(63)69-56(55-68-60(59(64)65)66-53-52-61(3,4)5)54-67-57(62)50-48-46-44-42-40-38-36-34-32-25-23-21-19-17-15-13-11-9-7-2/h8-11,14-17,20-23,26-27,29-30,32-35,38,40,56,60H,6-7,12-13,18-19,24-25,28,31,36-37,39,41-55H2,1-5H3/b10-8-,11-9-,16-14-,17-15-,22-20-,23-21-,27-26-,30-29-,34-32-,35-33-,40-38-. The highest BCUT2D eigenvalue weighted by atomic mass is 16.7. The van der Waals surface area contributed by atoms with Crippen LogP contribution in [0, 0.1) is 0 Å². The molecule has 0 amide bonds. The van der Waals surface area contributed by atoms with Gasteiger partial charge in [0, 0.05) is 12.8 Å². The molecule has 0 saturated heterocycles. The van der Waals surface area contributed by atoms with Crippen molar-refractivity contribution in [1.29, 1.82) is 0 Å². The average Bonchev–Trinajstić information content (AvgIpc) is 3.31. The molecule has 388 valence electrons. The number of carbonyl (C=O) groups excluding carboxylic acids is 3. The fourth-order valence-electron chi connectivity index (χ4n) is 6.39. The van der Waals surface area contributed by atoms with E-state index in [2.05, 4.69) is 148 Å². The summed E-state index contributed by atoms with van der Waals surface area (Å²) in [6.45, 7) is 4.43. The zero-order valence-electron chi connectivity index (χ0n) is 43.9. The third-order valence-corrected chi connectivity index (χ3v) is 10.4. The number of carboxylic acid groups (broad SMARTS) is 1. The third kappa shape index (κ3) is 51.1. The van der Waals surface area contributed by atoms with Gasteiger partial charge in [-0.25, -0.2) is 0 Å². The number of esters is 2. The first-order chi connectivity index (χ1) is 33.6. The summed E-state index contributed by atoms with van der Waals surface area (Å²) in [5, 5.41) is 11.8. The molecule has 0 aliphatic rings. The monoisotopic (exact) mass is 958 g/mol. The second-order valence-corrected chi connectivity index (χ2v) is 18.0. The number of unbranched alkanes of at least 4 members (excludes halogenated alkanes) is 9. The lowest BCUT2D eigenvalue weighted by Gasteiger charge is -2.26. The number of carbonyl (C=O) groups is 3. The normalized spacial score (nSPS) is 13.9. The number of aliphatic carboxylic acids is 1. The van der Waals surface area contributed by atoms with Crippen molar-refractivity contribution in [3.05, 3.63) is 134 Å². The fraction of sp³-hybridized carbons (Fsp3) is 0.583. The number of likely N-dealkylation sites (N-methyl/N-ethyl adjacent to an activating group) is 1. The third-order valence-electron chi connectivity index (χ3n) is 10.4. The molecular formula is C60H95NO8. The van der Waals surface area contributed by atoms with Crippen LogP contribution in [-0.4, -0.2) is 82.3 Å². The van der Waals surface area contributed by atoms with E-state index in [1.165, 1.54) is 0 Å². The molecule has 0 aliphatic carbocycles. The molecule has 0 radical (unpaired) electrons. The molecule has 9 nitrogen and oxygen atoms in total. The van der Waals surface area contributed by atoms with E-state index in [1.54, 1.807) is 0 Å². The summed E-state index contributed by atoms with van der Waals surface area (Å²) >= 11 is 0. The summed E-state index contributed by atoms with van der Waals surface area (Å²) in [4.78, 5) is 37.2. The van der Waals surface area contributed by atoms with E-state index in [4.69, 9.17) is 18.9 Å². The quantitative estimate of drug-likeness (QED) is 0.0195. The molecule has 0 aliphatic heterocycles. The maximum atomic E-state index is 12.8. The molecule has 2 atom stereocenters. The van der Waals surface area contributed by atoms with E-state index in [1.807, 2.05) is 21.1 Å². The average molecular weight is 958 g/mol. The zero-order chi connectivity index (χ0) is 50.6. The Kier molecular flexibility index (Phi) is 46.5. The summed E-state index contributed by atoms with van der Waals surface area (Å²) in [5.74, 6) is -2.37. The van der Waals surface area contributed by atoms with Gasteiger partial charge in [0.05, 0.1) is 40.3 Å². The second-order valence-electron chi connectivity index (χ2n) is 18.0. The summed E-state index contributed by atoms with van der Waals surface area (Å²) in [6, 6.07) is 0. The number of allylic oxidation sites excluding steroid dienone is 22. The van der Waals surface area contributed by atoms with Crippen molar-refractivity contribution >= 4 is 17.9 Å². The maximum Gasteiger partial charge on any atom is 0.306 e. The highest BCUT2D eigenvalue weighted by Crippen LogP contribution is 2.12. The molecule has 0 N–H and O–H groups in total. The Morgan fingerprint density at radius 3 is 1.17 bits per heavy atom.